The van der Waals surface area contributed by atoms with Crippen LogP contribution in [0, 0.1) is 0 Å². The summed E-state index contributed by atoms with van der Waals surface area (Å²) in [5.41, 5.74) is 12.6. The van der Waals surface area contributed by atoms with E-state index in [0.29, 0.717) is 16.4 Å². The van der Waals surface area contributed by atoms with Crippen LogP contribution in [0.4, 0.5) is 17.3 Å². The molecular formula is C18H17Cl3N8O2S. The fraction of sp³-hybridized carbons (Fsp3) is 0. The average Bonchev–Trinajstić information content (AvgIpc) is 2.71. The number of aliphatic imine (C=N–C) groups is 2. The maximum atomic E-state index is 12.4. The summed E-state index contributed by atoms with van der Waals surface area (Å²) in [6.07, 6.45) is 2.56. The third-order valence-electron chi connectivity index (χ3n) is 3.59. The maximum Gasteiger partial charge on any atom is 0.264 e. The first-order chi connectivity index (χ1) is 14.7. The Morgan fingerprint density at radius 3 is 2.09 bits per heavy atom. The highest BCUT2D eigenvalue weighted by atomic mass is 35.5. The molecule has 0 aliphatic heterocycles. The summed E-state index contributed by atoms with van der Waals surface area (Å²) in [6, 6.07) is 12.5. The van der Waals surface area contributed by atoms with E-state index in [1.165, 1.54) is 36.7 Å². The summed E-state index contributed by atoms with van der Waals surface area (Å²) in [7, 11) is -3.89. The average molecular weight is 516 g/mol. The van der Waals surface area contributed by atoms with E-state index in [9.17, 15) is 8.42 Å². The molecule has 2 aromatic carbocycles. The molecule has 0 aliphatic carbocycles. The highest BCUT2D eigenvalue weighted by molar-refractivity contribution is 7.92. The van der Waals surface area contributed by atoms with E-state index < -0.39 is 10.0 Å². The topological polar surface area (TPSA) is 161 Å². The van der Waals surface area contributed by atoms with Gasteiger partial charge in [-0.3, -0.25) is 0 Å². The lowest BCUT2D eigenvalue weighted by atomic mass is 10.3. The van der Waals surface area contributed by atoms with Crippen molar-refractivity contribution in [3.63, 3.8) is 0 Å². The van der Waals surface area contributed by atoms with Gasteiger partial charge in [-0.2, -0.15) is 4.99 Å². The summed E-state index contributed by atoms with van der Waals surface area (Å²) in [5.74, 6) is -0.203. The number of guanidine groups is 2. The van der Waals surface area contributed by atoms with Gasteiger partial charge in [0.25, 0.3) is 10.0 Å². The van der Waals surface area contributed by atoms with Crippen molar-refractivity contribution >= 4 is 74.9 Å². The lowest BCUT2D eigenvalue weighted by molar-refractivity contribution is 0.601. The number of hydrogen-bond donors (Lipinski definition) is 4. The maximum absolute atomic E-state index is 12.4. The van der Waals surface area contributed by atoms with E-state index in [1.54, 1.807) is 24.3 Å². The number of aromatic nitrogens is 2. The van der Waals surface area contributed by atoms with Crippen molar-refractivity contribution in [2.24, 2.45) is 21.5 Å². The molecule has 0 aliphatic rings. The Morgan fingerprint density at radius 1 is 0.906 bits per heavy atom. The molecule has 0 unspecified atom stereocenters. The van der Waals surface area contributed by atoms with Crippen LogP contribution in [0.1, 0.15) is 0 Å². The number of halogens is 3. The van der Waals surface area contributed by atoms with Gasteiger partial charge in [0.2, 0.25) is 17.9 Å². The van der Waals surface area contributed by atoms with Gasteiger partial charge in [-0.15, -0.1) is 12.4 Å². The summed E-state index contributed by atoms with van der Waals surface area (Å²) < 4.78 is 27.1. The number of sulfonamides is 1. The molecule has 14 heteroatoms. The zero-order valence-corrected chi connectivity index (χ0v) is 19.3. The molecule has 0 spiro atoms. The van der Waals surface area contributed by atoms with Crippen LogP contribution in [0.2, 0.25) is 10.0 Å². The lowest BCUT2D eigenvalue weighted by Gasteiger charge is -2.07. The predicted octanol–water partition coefficient (Wildman–Crippen LogP) is 3.38. The Kier molecular flexibility index (Phi) is 8.61. The first kappa shape index (κ1) is 25.1. The molecule has 1 heterocycles. The zero-order valence-electron chi connectivity index (χ0n) is 16.1. The first-order valence-corrected chi connectivity index (χ1v) is 10.8. The quantitative estimate of drug-likeness (QED) is 0.299. The second-order valence-electron chi connectivity index (χ2n) is 5.92. The second kappa shape index (κ2) is 11.0. The number of anilines is 2. The van der Waals surface area contributed by atoms with Crippen LogP contribution in [-0.4, -0.2) is 30.3 Å². The van der Waals surface area contributed by atoms with E-state index in [0.717, 1.165) is 0 Å². The molecule has 32 heavy (non-hydrogen) atoms. The van der Waals surface area contributed by atoms with Gasteiger partial charge in [0.1, 0.15) is 0 Å². The van der Waals surface area contributed by atoms with E-state index >= 15 is 0 Å². The van der Waals surface area contributed by atoms with Gasteiger partial charge in [0, 0.05) is 10.7 Å². The fourth-order valence-corrected chi connectivity index (χ4v) is 3.42. The highest BCUT2D eigenvalue weighted by Crippen LogP contribution is 2.19. The molecule has 3 rings (SSSR count). The van der Waals surface area contributed by atoms with Crippen molar-refractivity contribution in [1.82, 2.24) is 9.97 Å². The summed E-state index contributed by atoms with van der Waals surface area (Å²) in [6.45, 7) is 0. The van der Waals surface area contributed by atoms with Crippen molar-refractivity contribution in [2.75, 3.05) is 10.0 Å². The van der Waals surface area contributed by atoms with Crippen LogP contribution in [0.25, 0.3) is 0 Å². The van der Waals surface area contributed by atoms with Gasteiger partial charge >= 0.3 is 0 Å². The number of nitrogens with two attached hydrogens (primary N) is 2. The molecular weight excluding hydrogens is 499 g/mol. The van der Waals surface area contributed by atoms with Crippen LogP contribution in [-0.2, 0) is 10.0 Å². The van der Waals surface area contributed by atoms with Gasteiger partial charge < -0.3 is 16.8 Å². The molecule has 0 saturated carbocycles. The Labute approximate surface area is 200 Å². The predicted molar refractivity (Wildman–Crippen MR) is 130 cm³/mol. The number of benzene rings is 2. The van der Waals surface area contributed by atoms with Gasteiger partial charge in [-0.05, 0) is 48.5 Å². The molecule has 0 amide bonds. The summed E-state index contributed by atoms with van der Waals surface area (Å²) in [4.78, 5) is 15.6. The second-order valence-corrected chi connectivity index (χ2v) is 8.48. The third-order valence-corrected chi connectivity index (χ3v) is 5.38. The summed E-state index contributed by atoms with van der Waals surface area (Å²) >= 11 is 11.5. The highest BCUT2D eigenvalue weighted by Gasteiger charge is 2.15. The van der Waals surface area contributed by atoms with Crippen molar-refractivity contribution in [2.45, 2.75) is 4.90 Å². The molecule has 1 aromatic heterocycles. The molecule has 0 bridgehead atoms. The Morgan fingerprint density at radius 2 is 1.50 bits per heavy atom. The van der Waals surface area contributed by atoms with Crippen molar-refractivity contribution in [1.29, 1.82) is 0 Å². The van der Waals surface area contributed by atoms with Crippen LogP contribution >= 0.6 is 35.6 Å². The molecule has 6 N–H and O–H groups in total. The zero-order chi connectivity index (χ0) is 22.4. The van der Waals surface area contributed by atoms with E-state index in [1.807, 2.05) is 0 Å². The van der Waals surface area contributed by atoms with E-state index in [-0.39, 0.29) is 40.2 Å². The van der Waals surface area contributed by atoms with Crippen LogP contribution < -0.4 is 21.5 Å². The number of nitrogens with one attached hydrogen (secondary N) is 2. The van der Waals surface area contributed by atoms with Crippen LogP contribution in [0.5, 0.6) is 0 Å². The standard InChI is InChI=1S/C18H16Cl2N8O2S.ClH/c19-11-1-3-13(4-2-11)25-16(21)27-17(22)26-14-5-7-15(8-6-14)31(29,30)28-18-23-9-12(20)10-24-18;/h1-10H,(H,23,24,28)(H5,21,22,25,26,27);1H. The van der Waals surface area contributed by atoms with Gasteiger partial charge in [0.05, 0.1) is 28.0 Å². The minimum absolute atomic E-state index is 0. The lowest BCUT2D eigenvalue weighted by Crippen LogP contribution is -2.25. The molecule has 10 nitrogen and oxygen atoms in total. The smallest absolute Gasteiger partial charge is 0.264 e. The number of rotatable bonds is 5. The van der Waals surface area contributed by atoms with Gasteiger partial charge in [-0.1, -0.05) is 23.2 Å². The Hall–Kier alpha value is -3.12. The monoisotopic (exact) mass is 514 g/mol. The fourth-order valence-electron chi connectivity index (χ4n) is 2.23. The molecule has 0 radical (unpaired) electrons. The largest absolute Gasteiger partial charge is 0.369 e. The van der Waals surface area contributed by atoms with Gasteiger partial charge in [-0.25, -0.2) is 28.1 Å². The van der Waals surface area contributed by atoms with Crippen molar-refractivity contribution < 1.29 is 8.42 Å². The first-order valence-electron chi connectivity index (χ1n) is 8.53. The minimum Gasteiger partial charge on any atom is -0.369 e. The van der Waals surface area contributed by atoms with Crippen LogP contribution in [0.15, 0.2) is 75.8 Å². The SMILES string of the molecule is Cl.NC(=Nc1ccc(S(=O)(=O)Nc2ncc(Cl)cn2)cc1)/N=C(/N)Nc1ccc(Cl)cc1. The van der Waals surface area contributed by atoms with Gasteiger partial charge in [0.15, 0.2) is 0 Å². The molecule has 0 saturated heterocycles. The van der Waals surface area contributed by atoms with Crippen LogP contribution in [0.3, 0.4) is 0 Å². The van der Waals surface area contributed by atoms with E-state index in [4.69, 9.17) is 34.7 Å². The molecule has 0 atom stereocenters. The minimum atomic E-state index is -3.89. The Balaban J connectivity index is 0.00000363. The molecule has 3 aromatic rings. The summed E-state index contributed by atoms with van der Waals surface area (Å²) in [5, 5.41) is 3.72. The van der Waals surface area contributed by atoms with E-state index in [2.05, 4.69) is 30.0 Å². The normalized spacial score (nSPS) is 12.1. The van der Waals surface area contributed by atoms with Crippen molar-refractivity contribution in [3.05, 3.63) is 71.0 Å². The molecule has 168 valence electrons. The van der Waals surface area contributed by atoms with Crippen molar-refractivity contribution in [3.8, 4) is 0 Å². The number of hydrogen-bond acceptors (Lipinski definition) is 5. The Bertz CT molecular complexity index is 1220. The third kappa shape index (κ3) is 7.24. The molecule has 0 fully saturated rings. The number of nitrogens with zero attached hydrogens (tertiary/aromatic N) is 4.